The highest BCUT2D eigenvalue weighted by Crippen LogP contribution is 2.34. The molecule has 7 nitrogen and oxygen atoms in total. The number of ether oxygens (including phenoxy) is 3. The number of nitriles is 1. The molecule has 0 amide bonds. The SMILES string of the molecule is COCCOc1cc2nccc(Oc3ccc(N=O)c(F)c3)c2cc1C#N. The van der Waals surface area contributed by atoms with Crippen LogP contribution in [0.25, 0.3) is 10.9 Å². The summed E-state index contributed by atoms with van der Waals surface area (Å²) in [6, 6.07) is 10.6. The van der Waals surface area contributed by atoms with Gasteiger partial charge in [-0.05, 0) is 29.4 Å². The second-order valence-electron chi connectivity index (χ2n) is 5.43. The first-order valence-electron chi connectivity index (χ1n) is 7.91. The fraction of sp³-hybridized carbons (Fsp3) is 0.158. The smallest absolute Gasteiger partial charge is 0.156 e. The molecule has 0 saturated carbocycles. The lowest BCUT2D eigenvalue weighted by Gasteiger charge is -2.12. The Labute approximate surface area is 153 Å². The molecule has 136 valence electrons. The minimum atomic E-state index is -0.785. The standard InChI is InChI=1S/C19H14FN3O4/c1-25-6-7-26-19-10-17-14(8-12(19)11-21)18(4-5-22-17)27-13-2-3-16(23-24)15(20)9-13/h2-5,8-10H,6-7H2,1H3. The number of benzene rings is 2. The summed E-state index contributed by atoms with van der Waals surface area (Å²) in [6.07, 6.45) is 1.53. The van der Waals surface area contributed by atoms with Crippen molar-refractivity contribution in [3.05, 3.63) is 58.9 Å². The minimum absolute atomic E-state index is 0.186. The summed E-state index contributed by atoms with van der Waals surface area (Å²) in [5, 5.41) is 12.5. The Balaban J connectivity index is 1.98. The molecule has 0 aliphatic heterocycles. The molecule has 0 fully saturated rings. The van der Waals surface area contributed by atoms with Gasteiger partial charge in [-0.15, -0.1) is 4.91 Å². The molecular formula is C19H14FN3O4. The van der Waals surface area contributed by atoms with Gasteiger partial charge in [-0.3, -0.25) is 4.98 Å². The van der Waals surface area contributed by atoms with Gasteiger partial charge in [-0.1, -0.05) is 0 Å². The van der Waals surface area contributed by atoms with Gasteiger partial charge in [-0.25, -0.2) is 4.39 Å². The minimum Gasteiger partial charge on any atom is -0.490 e. The number of aromatic nitrogens is 1. The predicted octanol–water partition coefficient (Wildman–Crippen LogP) is 4.46. The summed E-state index contributed by atoms with van der Waals surface area (Å²) in [5.74, 6) is 0.170. The molecule has 8 heteroatoms. The van der Waals surface area contributed by atoms with Gasteiger partial charge in [0.1, 0.15) is 35.6 Å². The van der Waals surface area contributed by atoms with E-state index in [0.29, 0.717) is 41.2 Å². The van der Waals surface area contributed by atoms with Crippen molar-refractivity contribution in [3.8, 4) is 23.3 Å². The quantitative estimate of drug-likeness (QED) is 0.452. The summed E-state index contributed by atoms with van der Waals surface area (Å²) < 4.78 is 29.9. The lowest BCUT2D eigenvalue weighted by atomic mass is 10.1. The Kier molecular flexibility index (Phi) is 5.54. The maximum absolute atomic E-state index is 13.7. The van der Waals surface area contributed by atoms with Crippen molar-refractivity contribution >= 4 is 16.6 Å². The molecule has 0 atom stereocenters. The van der Waals surface area contributed by atoms with Crippen molar-refractivity contribution in [1.82, 2.24) is 4.98 Å². The highest BCUT2D eigenvalue weighted by molar-refractivity contribution is 5.88. The van der Waals surface area contributed by atoms with Crippen LogP contribution in [0.15, 0.2) is 47.8 Å². The molecule has 0 aliphatic rings. The van der Waals surface area contributed by atoms with E-state index >= 15 is 0 Å². The maximum Gasteiger partial charge on any atom is 0.156 e. The third-order valence-electron chi connectivity index (χ3n) is 3.71. The van der Waals surface area contributed by atoms with E-state index in [9.17, 15) is 14.6 Å². The van der Waals surface area contributed by atoms with E-state index < -0.39 is 5.82 Å². The Morgan fingerprint density at radius 3 is 2.74 bits per heavy atom. The first kappa shape index (κ1) is 18.2. The van der Waals surface area contributed by atoms with E-state index in [4.69, 9.17) is 14.2 Å². The van der Waals surface area contributed by atoms with Gasteiger partial charge in [0.2, 0.25) is 0 Å². The molecule has 0 N–H and O–H groups in total. The zero-order chi connectivity index (χ0) is 19.2. The number of hydrogen-bond acceptors (Lipinski definition) is 7. The summed E-state index contributed by atoms with van der Waals surface area (Å²) in [7, 11) is 1.56. The van der Waals surface area contributed by atoms with Crippen LogP contribution in [0.1, 0.15) is 5.56 Å². The van der Waals surface area contributed by atoms with Crippen LogP contribution >= 0.6 is 0 Å². The number of nitroso groups, excluding NO2 is 1. The highest BCUT2D eigenvalue weighted by atomic mass is 19.1. The second kappa shape index (κ2) is 8.21. The Hall–Kier alpha value is -3.57. The van der Waals surface area contributed by atoms with Crippen molar-refractivity contribution in [2.45, 2.75) is 0 Å². The van der Waals surface area contributed by atoms with Crippen LogP contribution in [0, 0.1) is 22.1 Å². The van der Waals surface area contributed by atoms with Gasteiger partial charge in [0, 0.05) is 30.8 Å². The van der Waals surface area contributed by atoms with Crippen molar-refractivity contribution < 1.29 is 18.6 Å². The Morgan fingerprint density at radius 1 is 1.19 bits per heavy atom. The summed E-state index contributed by atoms with van der Waals surface area (Å²) in [4.78, 5) is 14.7. The van der Waals surface area contributed by atoms with Gasteiger partial charge in [0.15, 0.2) is 5.82 Å². The van der Waals surface area contributed by atoms with Gasteiger partial charge < -0.3 is 14.2 Å². The molecule has 2 aromatic carbocycles. The lowest BCUT2D eigenvalue weighted by Crippen LogP contribution is -2.05. The van der Waals surface area contributed by atoms with Crippen LogP contribution in [-0.4, -0.2) is 25.3 Å². The third kappa shape index (κ3) is 3.99. The third-order valence-corrected chi connectivity index (χ3v) is 3.71. The highest BCUT2D eigenvalue weighted by Gasteiger charge is 2.12. The molecule has 0 bridgehead atoms. The van der Waals surface area contributed by atoms with Crippen molar-refractivity contribution in [2.24, 2.45) is 5.18 Å². The largest absolute Gasteiger partial charge is 0.490 e. The van der Waals surface area contributed by atoms with Crippen LogP contribution in [0.2, 0.25) is 0 Å². The van der Waals surface area contributed by atoms with E-state index in [1.165, 1.54) is 18.3 Å². The summed E-state index contributed by atoms with van der Waals surface area (Å²) in [6.45, 7) is 0.681. The molecule has 0 unspecified atom stereocenters. The lowest BCUT2D eigenvalue weighted by molar-refractivity contribution is 0.146. The van der Waals surface area contributed by atoms with E-state index in [-0.39, 0.29) is 11.4 Å². The first-order valence-corrected chi connectivity index (χ1v) is 7.91. The number of fused-ring (bicyclic) bond motifs is 1. The zero-order valence-electron chi connectivity index (χ0n) is 14.3. The van der Waals surface area contributed by atoms with Crippen LogP contribution < -0.4 is 9.47 Å². The molecular weight excluding hydrogens is 353 g/mol. The van der Waals surface area contributed by atoms with Gasteiger partial charge in [0.05, 0.1) is 17.7 Å². The molecule has 0 saturated heterocycles. The molecule has 3 aromatic rings. The van der Waals surface area contributed by atoms with Crippen molar-refractivity contribution in [2.75, 3.05) is 20.3 Å². The predicted molar refractivity (Wildman–Crippen MR) is 95.8 cm³/mol. The molecule has 0 aliphatic carbocycles. The van der Waals surface area contributed by atoms with E-state index in [1.807, 2.05) is 0 Å². The number of methoxy groups -OCH3 is 1. The summed E-state index contributed by atoms with van der Waals surface area (Å²) in [5.41, 5.74) is 0.556. The first-order chi connectivity index (χ1) is 13.2. The average Bonchev–Trinajstić information content (AvgIpc) is 2.68. The number of pyridine rings is 1. The Morgan fingerprint density at radius 2 is 2.04 bits per heavy atom. The van der Waals surface area contributed by atoms with Crippen LogP contribution in [0.4, 0.5) is 10.1 Å². The fourth-order valence-electron chi connectivity index (χ4n) is 2.43. The zero-order valence-corrected chi connectivity index (χ0v) is 14.3. The molecule has 1 heterocycles. The monoisotopic (exact) mass is 367 g/mol. The van der Waals surface area contributed by atoms with Crippen molar-refractivity contribution in [1.29, 1.82) is 5.26 Å². The van der Waals surface area contributed by atoms with Crippen LogP contribution in [0.5, 0.6) is 17.2 Å². The number of hydrogen-bond donors (Lipinski definition) is 0. The second-order valence-corrected chi connectivity index (χ2v) is 5.43. The molecule has 0 spiro atoms. The topological polar surface area (TPSA) is 93.8 Å². The van der Waals surface area contributed by atoms with E-state index in [1.54, 1.807) is 25.3 Å². The summed E-state index contributed by atoms with van der Waals surface area (Å²) >= 11 is 0. The van der Waals surface area contributed by atoms with Gasteiger partial charge in [-0.2, -0.15) is 5.26 Å². The van der Waals surface area contributed by atoms with Crippen molar-refractivity contribution in [3.63, 3.8) is 0 Å². The molecule has 27 heavy (non-hydrogen) atoms. The average molecular weight is 367 g/mol. The Bertz CT molecular complexity index is 1030. The number of halogens is 1. The van der Waals surface area contributed by atoms with E-state index in [0.717, 1.165) is 6.07 Å². The molecule has 3 rings (SSSR count). The fourth-order valence-corrected chi connectivity index (χ4v) is 2.43. The normalized spacial score (nSPS) is 10.4. The number of rotatable bonds is 7. The molecule has 1 aromatic heterocycles. The number of nitrogens with zero attached hydrogens (tertiary/aromatic N) is 3. The van der Waals surface area contributed by atoms with Crippen LogP contribution in [-0.2, 0) is 4.74 Å². The van der Waals surface area contributed by atoms with Gasteiger partial charge in [0.25, 0.3) is 0 Å². The van der Waals surface area contributed by atoms with E-state index in [2.05, 4.69) is 16.2 Å². The van der Waals surface area contributed by atoms with Gasteiger partial charge >= 0.3 is 0 Å². The molecule has 0 radical (unpaired) electrons. The van der Waals surface area contributed by atoms with Crippen LogP contribution in [0.3, 0.4) is 0 Å². The maximum atomic E-state index is 13.7.